The molecule has 6 nitrogen and oxygen atoms in total. The van der Waals surface area contributed by atoms with Crippen LogP contribution in [0.3, 0.4) is 0 Å². The fraction of sp³-hybridized carbons (Fsp3) is 0. The minimum atomic E-state index is -0.352. The van der Waals surface area contributed by atoms with Crippen molar-refractivity contribution in [2.75, 3.05) is 11.1 Å². The molecule has 3 aromatic rings. The fourth-order valence-corrected chi connectivity index (χ4v) is 2.33. The smallest absolute Gasteiger partial charge is 0.293 e. The molecular weight excluding hydrogens is 276 g/mol. The molecule has 0 unspecified atom stereocenters. The number of hydrogen-bond donors (Lipinski definition) is 2. The Morgan fingerprint density at radius 2 is 2.00 bits per heavy atom. The molecule has 1 amide bonds. The molecule has 0 atom stereocenters. The molecule has 1 aromatic carbocycles. The highest BCUT2D eigenvalue weighted by Gasteiger charge is 2.12. The van der Waals surface area contributed by atoms with Gasteiger partial charge in [-0.05, 0) is 36.4 Å². The number of nitrogens with one attached hydrogen (secondary N) is 1. The first-order valence-electron chi connectivity index (χ1n) is 5.76. The number of nitrogens with zero attached hydrogens (tertiary/aromatic N) is 2. The molecule has 0 fully saturated rings. The van der Waals surface area contributed by atoms with Gasteiger partial charge in [-0.1, -0.05) is 11.3 Å². The molecule has 0 aliphatic heterocycles. The maximum atomic E-state index is 11.8. The Labute approximate surface area is 118 Å². The molecule has 0 spiro atoms. The van der Waals surface area contributed by atoms with Crippen LogP contribution in [0.5, 0.6) is 0 Å². The van der Waals surface area contributed by atoms with E-state index in [0.717, 1.165) is 5.56 Å². The highest BCUT2D eigenvalue weighted by molar-refractivity contribution is 7.18. The summed E-state index contributed by atoms with van der Waals surface area (Å²) in [6.45, 7) is 0. The molecular formula is C13H10N4O2S. The molecule has 0 bridgehead atoms. The van der Waals surface area contributed by atoms with Gasteiger partial charge in [0.1, 0.15) is 5.01 Å². The van der Waals surface area contributed by atoms with Crippen molar-refractivity contribution in [3.05, 3.63) is 48.4 Å². The summed E-state index contributed by atoms with van der Waals surface area (Å²) in [6.07, 6.45) is 1.44. The number of nitrogen functional groups attached to an aromatic ring is 1. The average Bonchev–Trinajstić information content (AvgIpc) is 3.10. The van der Waals surface area contributed by atoms with Crippen LogP contribution in [0.4, 0.5) is 10.8 Å². The second-order valence-corrected chi connectivity index (χ2v) is 4.94. The zero-order chi connectivity index (χ0) is 13.9. The third-order valence-corrected chi connectivity index (χ3v) is 3.44. The Balaban J connectivity index is 1.77. The quantitative estimate of drug-likeness (QED) is 0.722. The number of carbonyl (C=O) groups is 1. The number of benzene rings is 1. The van der Waals surface area contributed by atoms with E-state index in [1.165, 1.54) is 17.6 Å². The van der Waals surface area contributed by atoms with Crippen LogP contribution < -0.4 is 11.1 Å². The standard InChI is InChI=1S/C13H10N4O2S/c14-9-5-3-8(4-6-9)12-16-17-13(20-12)15-11(18)10-2-1-7-19-10/h1-7H,14H2,(H,15,17,18). The van der Waals surface area contributed by atoms with Crippen LogP contribution in [0.15, 0.2) is 47.1 Å². The maximum absolute atomic E-state index is 11.8. The van der Waals surface area contributed by atoms with Crippen molar-refractivity contribution in [3.63, 3.8) is 0 Å². The maximum Gasteiger partial charge on any atom is 0.293 e. The zero-order valence-corrected chi connectivity index (χ0v) is 11.1. The molecule has 0 aliphatic carbocycles. The molecule has 0 radical (unpaired) electrons. The lowest BCUT2D eigenvalue weighted by Crippen LogP contribution is -2.10. The van der Waals surface area contributed by atoms with Crippen LogP contribution >= 0.6 is 11.3 Å². The van der Waals surface area contributed by atoms with Gasteiger partial charge in [0, 0.05) is 11.3 Å². The van der Waals surface area contributed by atoms with Crippen molar-refractivity contribution < 1.29 is 9.21 Å². The summed E-state index contributed by atoms with van der Waals surface area (Å²) in [7, 11) is 0. The van der Waals surface area contributed by atoms with E-state index in [9.17, 15) is 4.79 Å². The normalized spacial score (nSPS) is 10.4. The molecule has 100 valence electrons. The number of aromatic nitrogens is 2. The van der Waals surface area contributed by atoms with Gasteiger partial charge < -0.3 is 10.2 Å². The second-order valence-electron chi connectivity index (χ2n) is 3.97. The van der Waals surface area contributed by atoms with Gasteiger partial charge in [0.25, 0.3) is 5.91 Å². The minimum Gasteiger partial charge on any atom is -0.459 e. The lowest BCUT2D eigenvalue weighted by molar-refractivity contribution is 0.0996. The highest BCUT2D eigenvalue weighted by Crippen LogP contribution is 2.27. The van der Waals surface area contributed by atoms with Crippen LogP contribution in [-0.2, 0) is 0 Å². The van der Waals surface area contributed by atoms with E-state index in [0.29, 0.717) is 15.8 Å². The van der Waals surface area contributed by atoms with E-state index in [1.54, 1.807) is 24.3 Å². The molecule has 2 aromatic heterocycles. The summed E-state index contributed by atoms with van der Waals surface area (Å²) in [5.74, 6) is -0.121. The molecule has 0 aliphatic rings. The molecule has 20 heavy (non-hydrogen) atoms. The van der Waals surface area contributed by atoms with Gasteiger partial charge in [0.15, 0.2) is 5.76 Å². The van der Waals surface area contributed by atoms with Crippen LogP contribution in [0.1, 0.15) is 10.6 Å². The minimum absolute atomic E-state index is 0.231. The van der Waals surface area contributed by atoms with E-state index < -0.39 is 0 Å². The van der Waals surface area contributed by atoms with Crippen molar-refractivity contribution in [2.24, 2.45) is 0 Å². The Bertz CT molecular complexity index is 719. The van der Waals surface area contributed by atoms with Crippen LogP contribution in [0, 0.1) is 0 Å². The number of carbonyl (C=O) groups excluding carboxylic acids is 1. The van der Waals surface area contributed by atoms with Crippen LogP contribution in [-0.4, -0.2) is 16.1 Å². The number of anilines is 2. The summed E-state index contributed by atoms with van der Waals surface area (Å²) in [5.41, 5.74) is 7.21. The van der Waals surface area contributed by atoms with Crippen molar-refractivity contribution in [3.8, 4) is 10.6 Å². The number of amides is 1. The predicted octanol–water partition coefficient (Wildman–Crippen LogP) is 2.63. The van der Waals surface area contributed by atoms with Crippen molar-refractivity contribution in [1.82, 2.24) is 10.2 Å². The Morgan fingerprint density at radius 3 is 2.70 bits per heavy atom. The third-order valence-electron chi connectivity index (χ3n) is 2.55. The number of rotatable bonds is 3. The van der Waals surface area contributed by atoms with E-state index >= 15 is 0 Å². The highest BCUT2D eigenvalue weighted by atomic mass is 32.1. The largest absolute Gasteiger partial charge is 0.459 e. The predicted molar refractivity (Wildman–Crippen MR) is 76.4 cm³/mol. The van der Waals surface area contributed by atoms with E-state index in [-0.39, 0.29) is 11.7 Å². The first-order chi connectivity index (χ1) is 9.72. The molecule has 2 heterocycles. The molecule has 3 N–H and O–H groups in total. The average molecular weight is 286 g/mol. The topological polar surface area (TPSA) is 94.0 Å². The molecule has 7 heteroatoms. The third kappa shape index (κ3) is 2.52. The molecule has 0 saturated heterocycles. The monoisotopic (exact) mass is 286 g/mol. The Morgan fingerprint density at radius 1 is 1.20 bits per heavy atom. The van der Waals surface area contributed by atoms with Gasteiger partial charge in [0.05, 0.1) is 6.26 Å². The summed E-state index contributed by atoms with van der Waals surface area (Å²) in [6, 6.07) is 10.5. The lowest BCUT2D eigenvalue weighted by Gasteiger charge is -1.96. The molecule has 0 saturated carbocycles. The number of nitrogens with two attached hydrogens (primary N) is 1. The first-order valence-corrected chi connectivity index (χ1v) is 6.58. The van der Waals surface area contributed by atoms with Crippen LogP contribution in [0.2, 0.25) is 0 Å². The van der Waals surface area contributed by atoms with Gasteiger partial charge in [-0.2, -0.15) is 0 Å². The van der Waals surface area contributed by atoms with Crippen molar-refractivity contribution >= 4 is 28.1 Å². The van der Waals surface area contributed by atoms with Crippen molar-refractivity contribution in [2.45, 2.75) is 0 Å². The van der Waals surface area contributed by atoms with Crippen LogP contribution in [0.25, 0.3) is 10.6 Å². The lowest BCUT2D eigenvalue weighted by atomic mass is 10.2. The summed E-state index contributed by atoms with van der Waals surface area (Å²) in [5, 5.41) is 11.7. The fourth-order valence-electron chi connectivity index (χ4n) is 1.58. The second kappa shape index (κ2) is 5.14. The summed E-state index contributed by atoms with van der Waals surface area (Å²) < 4.78 is 5.00. The number of hydrogen-bond acceptors (Lipinski definition) is 6. The summed E-state index contributed by atoms with van der Waals surface area (Å²) >= 11 is 1.28. The van der Waals surface area contributed by atoms with Crippen molar-refractivity contribution in [1.29, 1.82) is 0 Å². The Kier molecular flexibility index (Phi) is 3.18. The van der Waals surface area contributed by atoms with E-state index in [4.69, 9.17) is 10.2 Å². The summed E-state index contributed by atoms with van der Waals surface area (Å²) in [4.78, 5) is 11.8. The zero-order valence-electron chi connectivity index (χ0n) is 10.2. The first kappa shape index (κ1) is 12.4. The Hall–Kier alpha value is -2.67. The SMILES string of the molecule is Nc1ccc(-c2nnc(NC(=O)c3ccco3)s2)cc1. The number of furan rings is 1. The van der Waals surface area contributed by atoms with E-state index in [1.807, 2.05) is 12.1 Å². The van der Waals surface area contributed by atoms with Gasteiger partial charge in [-0.3, -0.25) is 10.1 Å². The van der Waals surface area contributed by atoms with Gasteiger partial charge in [-0.15, -0.1) is 10.2 Å². The van der Waals surface area contributed by atoms with E-state index in [2.05, 4.69) is 15.5 Å². The van der Waals surface area contributed by atoms with Gasteiger partial charge >= 0.3 is 0 Å². The van der Waals surface area contributed by atoms with Gasteiger partial charge in [0.2, 0.25) is 5.13 Å². The van der Waals surface area contributed by atoms with Gasteiger partial charge in [-0.25, -0.2) is 0 Å². The molecule has 3 rings (SSSR count).